The van der Waals surface area contributed by atoms with E-state index in [1.165, 1.54) is 4.90 Å². The highest BCUT2D eigenvalue weighted by Gasteiger charge is 2.27. The van der Waals surface area contributed by atoms with E-state index >= 15 is 0 Å². The summed E-state index contributed by atoms with van der Waals surface area (Å²) in [5.41, 5.74) is 1.11. The summed E-state index contributed by atoms with van der Waals surface area (Å²) in [6, 6.07) is 1.65. The lowest BCUT2D eigenvalue weighted by Gasteiger charge is -2.25. The lowest BCUT2D eigenvalue weighted by Crippen LogP contribution is -2.33. The number of aryl methyl sites for hydroxylation is 1. The van der Waals surface area contributed by atoms with E-state index in [2.05, 4.69) is 16.8 Å². The fourth-order valence-corrected chi connectivity index (χ4v) is 1.18. The number of aromatic nitrogens is 2. The number of rotatable bonds is 0. The van der Waals surface area contributed by atoms with Gasteiger partial charge in [-0.05, 0) is 19.6 Å². The normalized spacial score (nSPS) is 15.1. The van der Waals surface area contributed by atoms with Crippen molar-refractivity contribution in [2.75, 3.05) is 7.05 Å². The predicted octanol–water partition coefficient (Wildman–Crippen LogP) is 0.721. The zero-order chi connectivity index (χ0) is 10.3. The predicted molar refractivity (Wildman–Crippen MR) is 48.6 cm³/mol. The van der Waals surface area contributed by atoms with Crippen molar-refractivity contribution in [2.45, 2.75) is 6.92 Å². The third kappa shape index (κ3) is 1.14. The number of nitrogens with zero attached hydrogens (tertiary/aromatic N) is 3. The highest BCUT2D eigenvalue weighted by atomic mass is 16.5. The van der Waals surface area contributed by atoms with Gasteiger partial charge in [-0.3, -0.25) is 9.69 Å². The summed E-state index contributed by atoms with van der Waals surface area (Å²) in [6.07, 6.45) is 0. The van der Waals surface area contributed by atoms with E-state index in [1.807, 2.05) is 0 Å². The molecule has 0 saturated heterocycles. The Morgan fingerprint density at radius 3 is 2.93 bits per heavy atom. The second-order valence-corrected chi connectivity index (χ2v) is 3.06. The first-order valence-electron chi connectivity index (χ1n) is 4.08. The van der Waals surface area contributed by atoms with Crippen molar-refractivity contribution in [1.29, 1.82) is 0 Å². The molecule has 1 aliphatic rings. The summed E-state index contributed by atoms with van der Waals surface area (Å²) in [5, 5.41) is 7.57. The fraction of sp³-hybridized carbons (Fsp3) is 0.222. The van der Waals surface area contributed by atoms with Gasteiger partial charge < -0.3 is 4.74 Å². The maximum atomic E-state index is 11.7. The number of ether oxygens (including phenoxy) is 1. The van der Waals surface area contributed by atoms with Crippen molar-refractivity contribution in [3.8, 4) is 5.88 Å². The van der Waals surface area contributed by atoms with Crippen LogP contribution in [0.2, 0.25) is 0 Å². The van der Waals surface area contributed by atoms with Crippen LogP contribution in [-0.2, 0) is 0 Å². The molecule has 0 aromatic carbocycles. The first-order valence-corrected chi connectivity index (χ1v) is 4.08. The Morgan fingerprint density at radius 1 is 1.50 bits per heavy atom. The lowest BCUT2D eigenvalue weighted by atomic mass is 10.2. The van der Waals surface area contributed by atoms with Crippen molar-refractivity contribution in [3.63, 3.8) is 0 Å². The van der Waals surface area contributed by atoms with Crippen LogP contribution in [0.25, 0.3) is 0 Å². The van der Waals surface area contributed by atoms with Crippen LogP contribution in [-0.4, -0.2) is 28.1 Å². The Kier molecular flexibility index (Phi) is 1.73. The number of fused-ring (bicyclic) bond motifs is 1. The van der Waals surface area contributed by atoms with Gasteiger partial charge >= 0.3 is 0 Å². The molecule has 0 bridgehead atoms. The molecular formula is C9H9N3O2. The third-order valence-electron chi connectivity index (χ3n) is 2.01. The van der Waals surface area contributed by atoms with Gasteiger partial charge in [-0.25, -0.2) is 0 Å². The molecule has 0 saturated carbocycles. The molecule has 5 heteroatoms. The third-order valence-corrected chi connectivity index (χ3v) is 2.01. The zero-order valence-electron chi connectivity index (χ0n) is 7.94. The second-order valence-electron chi connectivity index (χ2n) is 3.06. The van der Waals surface area contributed by atoms with Gasteiger partial charge in [-0.15, -0.1) is 5.10 Å². The molecule has 2 heterocycles. The van der Waals surface area contributed by atoms with Crippen molar-refractivity contribution in [2.24, 2.45) is 0 Å². The van der Waals surface area contributed by atoms with Gasteiger partial charge in [0.1, 0.15) is 5.56 Å². The number of carbonyl (C=O) groups excluding carboxylic acids is 1. The second kappa shape index (κ2) is 2.80. The summed E-state index contributed by atoms with van der Waals surface area (Å²) in [5.74, 6) is 0.318. The molecule has 5 nitrogen and oxygen atoms in total. The van der Waals surface area contributed by atoms with E-state index in [1.54, 1.807) is 20.0 Å². The number of carbonyl (C=O) groups is 1. The van der Waals surface area contributed by atoms with Crippen LogP contribution < -0.4 is 4.74 Å². The van der Waals surface area contributed by atoms with Gasteiger partial charge in [0.2, 0.25) is 0 Å². The van der Waals surface area contributed by atoms with Gasteiger partial charge in [0.25, 0.3) is 11.8 Å². The SMILES string of the molecule is C=C1Oc2nnc(C)cc2C(=O)N1C. The average molecular weight is 191 g/mol. The number of amides is 1. The first kappa shape index (κ1) is 8.68. The Bertz CT molecular complexity index is 428. The van der Waals surface area contributed by atoms with Crippen LogP contribution in [0.5, 0.6) is 5.88 Å². The largest absolute Gasteiger partial charge is 0.421 e. The molecule has 2 rings (SSSR count). The van der Waals surface area contributed by atoms with Crippen molar-refractivity contribution in [1.82, 2.24) is 15.1 Å². The quantitative estimate of drug-likeness (QED) is 0.606. The highest BCUT2D eigenvalue weighted by molar-refractivity contribution is 5.98. The summed E-state index contributed by atoms with van der Waals surface area (Å²) >= 11 is 0. The minimum Gasteiger partial charge on any atom is -0.421 e. The van der Waals surface area contributed by atoms with Gasteiger partial charge in [-0.2, -0.15) is 5.10 Å². The van der Waals surface area contributed by atoms with Crippen molar-refractivity contribution in [3.05, 3.63) is 29.8 Å². The van der Waals surface area contributed by atoms with Gasteiger partial charge in [-0.1, -0.05) is 0 Å². The summed E-state index contributed by atoms with van der Waals surface area (Å²) in [6.45, 7) is 5.35. The average Bonchev–Trinajstić information content (AvgIpc) is 2.16. The fourth-order valence-electron chi connectivity index (χ4n) is 1.18. The van der Waals surface area contributed by atoms with Crippen molar-refractivity contribution < 1.29 is 9.53 Å². The van der Waals surface area contributed by atoms with E-state index < -0.39 is 0 Å². The molecule has 1 aromatic heterocycles. The first-order chi connectivity index (χ1) is 6.59. The van der Waals surface area contributed by atoms with E-state index in [4.69, 9.17) is 4.74 Å². The van der Waals surface area contributed by atoms with E-state index in [-0.39, 0.29) is 17.7 Å². The van der Waals surface area contributed by atoms with Crippen molar-refractivity contribution >= 4 is 5.91 Å². The minimum atomic E-state index is -0.172. The van der Waals surface area contributed by atoms with Gasteiger partial charge in [0.05, 0.1) is 5.69 Å². The molecule has 1 aromatic rings. The molecule has 0 aliphatic carbocycles. The number of hydrogen-bond donors (Lipinski definition) is 0. The standard InChI is InChI=1S/C9H9N3O2/c1-5-4-7-8(11-10-5)14-6(2)12(3)9(7)13/h4H,2H2,1,3H3. The molecular weight excluding hydrogens is 182 g/mol. The van der Waals surface area contributed by atoms with Crippen LogP contribution in [0, 0.1) is 6.92 Å². The Labute approximate surface area is 81.0 Å². The molecule has 0 fully saturated rings. The van der Waals surface area contributed by atoms with Crippen LogP contribution in [0.1, 0.15) is 16.1 Å². The summed E-state index contributed by atoms with van der Waals surface area (Å²) in [7, 11) is 1.60. The van der Waals surface area contributed by atoms with E-state index in [0.717, 1.165) is 0 Å². The highest BCUT2D eigenvalue weighted by Crippen LogP contribution is 2.25. The topological polar surface area (TPSA) is 55.3 Å². The van der Waals surface area contributed by atoms with Crippen LogP contribution in [0.3, 0.4) is 0 Å². The molecule has 0 radical (unpaired) electrons. The zero-order valence-corrected chi connectivity index (χ0v) is 7.94. The molecule has 72 valence electrons. The molecule has 0 unspecified atom stereocenters. The van der Waals surface area contributed by atoms with Crippen LogP contribution in [0.4, 0.5) is 0 Å². The molecule has 0 spiro atoms. The van der Waals surface area contributed by atoms with E-state index in [9.17, 15) is 4.79 Å². The Balaban J connectivity index is 2.57. The molecule has 0 atom stereocenters. The van der Waals surface area contributed by atoms with Gasteiger partial charge in [0, 0.05) is 7.05 Å². The summed E-state index contributed by atoms with van der Waals surface area (Å²) < 4.78 is 5.21. The molecule has 0 N–H and O–H groups in total. The summed E-state index contributed by atoms with van der Waals surface area (Å²) in [4.78, 5) is 13.0. The smallest absolute Gasteiger partial charge is 0.265 e. The minimum absolute atomic E-state index is 0.172. The van der Waals surface area contributed by atoms with Crippen LogP contribution in [0.15, 0.2) is 18.5 Å². The Hall–Kier alpha value is -1.91. The molecule has 14 heavy (non-hydrogen) atoms. The Morgan fingerprint density at radius 2 is 2.21 bits per heavy atom. The van der Waals surface area contributed by atoms with E-state index in [0.29, 0.717) is 11.3 Å². The molecule has 1 amide bonds. The molecule has 1 aliphatic heterocycles. The lowest BCUT2D eigenvalue weighted by molar-refractivity contribution is 0.0736. The van der Waals surface area contributed by atoms with Gasteiger partial charge in [0.15, 0.2) is 5.88 Å². The maximum Gasteiger partial charge on any atom is 0.265 e. The van der Waals surface area contributed by atoms with Crippen LogP contribution >= 0.6 is 0 Å². The number of hydrogen-bond acceptors (Lipinski definition) is 4. The monoisotopic (exact) mass is 191 g/mol. The maximum absolute atomic E-state index is 11.7.